The third kappa shape index (κ3) is 4.00. The highest BCUT2D eigenvalue weighted by Crippen LogP contribution is 2.38. The first-order chi connectivity index (χ1) is 17.3. The van der Waals surface area contributed by atoms with Crippen LogP contribution in [0.4, 0.5) is 5.13 Å². The number of nitrogens with zero attached hydrogens (tertiary/aromatic N) is 5. The van der Waals surface area contributed by atoms with Crippen LogP contribution in [-0.4, -0.2) is 83.5 Å². The number of fused-ring (bicyclic) bond motifs is 1. The molecule has 1 unspecified atom stereocenters. The molecule has 0 radical (unpaired) electrons. The van der Waals surface area contributed by atoms with Crippen molar-refractivity contribution in [2.24, 2.45) is 5.16 Å². The molecule has 1 aromatic rings. The molecule has 1 aliphatic carbocycles. The van der Waals surface area contributed by atoms with E-state index in [1.165, 1.54) is 0 Å². The molecule has 0 bridgehead atoms. The van der Waals surface area contributed by atoms with Gasteiger partial charge in [-0.05, 0) is 43.8 Å². The summed E-state index contributed by atoms with van der Waals surface area (Å²) in [7, 11) is 0. The summed E-state index contributed by atoms with van der Waals surface area (Å²) in [5, 5.41) is 24.6. The maximum atomic E-state index is 13.0. The number of nitrogens with two attached hydrogens (primary N) is 1. The molecule has 4 aliphatic rings. The number of hydrogen-bond donors (Lipinski definition) is 4. The van der Waals surface area contributed by atoms with Crippen LogP contribution in [0.2, 0.25) is 0 Å². The Morgan fingerprint density at radius 2 is 1.94 bits per heavy atom. The fourth-order valence-corrected chi connectivity index (χ4v) is 5.94. The number of β-lactam (4-membered cyclic amide) rings is 1. The Balaban J connectivity index is 1.33. The Bertz CT molecular complexity index is 1230. The molecule has 5 N–H and O–H groups in total. The molecule has 5 rings (SSSR count). The number of hydrogen-bond acceptors (Lipinski definition) is 10. The van der Waals surface area contributed by atoms with Gasteiger partial charge in [-0.15, -0.1) is 0 Å². The summed E-state index contributed by atoms with van der Waals surface area (Å²) in [4.78, 5) is 57.5. The lowest BCUT2D eigenvalue weighted by Gasteiger charge is -2.50. The number of carbonyl (C=O) groups excluding carboxylic acids is 3. The van der Waals surface area contributed by atoms with Gasteiger partial charge in [0.1, 0.15) is 11.7 Å². The zero-order valence-electron chi connectivity index (χ0n) is 19.2. The maximum Gasteiger partial charge on any atom is 0.352 e. The van der Waals surface area contributed by atoms with Gasteiger partial charge in [0.2, 0.25) is 17.4 Å². The number of oxime groups is 1. The van der Waals surface area contributed by atoms with Gasteiger partial charge < -0.3 is 26.3 Å². The summed E-state index contributed by atoms with van der Waals surface area (Å²) < 4.78 is 3.83. The molecule has 3 fully saturated rings. The Morgan fingerprint density at radius 1 is 1.19 bits per heavy atom. The molecular weight excluding hydrogens is 490 g/mol. The van der Waals surface area contributed by atoms with Gasteiger partial charge in [-0.1, -0.05) is 18.0 Å². The number of likely N-dealkylation sites (tertiary alicyclic amines) is 1. The molecule has 13 nitrogen and oxygen atoms in total. The molecule has 190 valence electrons. The Labute approximate surface area is 209 Å². The standard InChI is InChI=1S/C22H25N7O6S/c23-22-25-17(27-36-22)15(26-35)18(30)24-14-13-6-5-10(16(21(33)34)29(13)20(14)32)9-11-7-8-28(19(11)31)12-3-1-2-4-12/h9,12-14,35H,1-8H2,(H,24,30)(H,33,34)(H2,23,25,27)/b11-9+,26-15+/t13?,14-/m0/s1. The molecule has 3 aliphatic heterocycles. The molecule has 0 spiro atoms. The Hall–Kier alpha value is -3.81. The predicted octanol–water partition coefficient (Wildman–Crippen LogP) is 0.228. The minimum absolute atomic E-state index is 0.0616. The van der Waals surface area contributed by atoms with Crippen molar-refractivity contribution in [2.75, 3.05) is 12.3 Å². The summed E-state index contributed by atoms with van der Waals surface area (Å²) in [6.07, 6.45) is 7.09. The second-order valence-corrected chi connectivity index (χ2v) is 9.99. The number of aromatic nitrogens is 2. The first-order valence-electron chi connectivity index (χ1n) is 11.7. The number of carbonyl (C=O) groups is 4. The van der Waals surface area contributed by atoms with Gasteiger partial charge in [-0.25, -0.2) is 4.79 Å². The molecule has 1 aromatic heterocycles. The number of anilines is 1. The van der Waals surface area contributed by atoms with Crippen molar-refractivity contribution in [2.45, 2.75) is 63.1 Å². The van der Waals surface area contributed by atoms with Crippen molar-refractivity contribution in [3.8, 4) is 0 Å². The van der Waals surface area contributed by atoms with Crippen molar-refractivity contribution in [1.29, 1.82) is 0 Å². The summed E-state index contributed by atoms with van der Waals surface area (Å²) in [5.41, 5.74) is 5.82. The molecule has 2 atom stereocenters. The van der Waals surface area contributed by atoms with E-state index in [1.54, 1.807) is 6.08 Å². The van der Waals surface area contributed by atoms with Crippen LogP contribution < -0.4 is 11.1 Å². The number of allylic oxidation sites excluding steroid dienone is 2. The van der Waals surface area contributed by atoms with Crippen LogP contribution in [0.1, 0.15) is 50.8 Å². The van der Waals surface area contributed by atoms with E-state index in [0.29, 0.717) is 37.0 Å². The highest BCUT2D eigenvalue weighted by molar-refractivity contribution is 7.09. The van der Waals surface area contributed by atoms with Crippen LogP contribution in [0.15, 0.2) is 28.1 Å². The summed E-state index contributed by atoms with van der Waals surface area (Å²) in [6.45, 7) is 0.624. The topological polar surface area (TPSA) is 191 Å². The fraction of sp³-hybridized carbons (Fsp3) is 0.500. The van der Waals surface area contributed by atoms with Gasteiger partial charge in [0.25, 0.3) is 11.8 Å². The Kier molecular flexibility index (Phi) is 6.20. The van der Waals surface area contributed by atoms with Crippen LogP contribution >= 0.6 is 11.5 Å². The smallest absolute Gasteiger partial charge is 0.352 e. The molecule has 1 saturated carbocycles. The van der Waals surface area contributed by atoms with Gasteiger partial charge >= 0.3 is 5.97 Å². The van der Waals surface area contributed by atoms with E-state index >= 15 is 0 Å². The van der Waals surface area contributed by atoms with Crippen molar-refractivity contribution in [3.63, 3.8) is 0 Å². The average molecular weight is 516 g/mol. The van der Waals surface area contributed by atoms with E-state index in [0.717, 1.165) is 42.1 Å². The third-order valence-corrected chi connectivity index (χ3v) is 7.75. The second kappa shape index (κ2) is 9.33. The van der Waals surface area contributed by atoms with Crippen molar-refractivity contribution in [1.82, 2.24) is 24.5 Å². The summed E-state index contributed by atoms with van der Waals surface area (Å²) in [6, 6.07) is -1.34. The van der Waals surface area contributed by atoms with Gasteiger partial charge in [0, 0.05) is 29.7 Å². The maximum absolute atomic E-state index is 13.0. The number of carboxylic acid groups (broad SMARTS) is 1. The zero-order valence-corrected chi connectivity index (χ0v) is 20.0. The third-order valence-electron chi connectivity index (χ3n) is 7.20. The SMILES string of the molecule is Nc1nc(/C(=N\O)C(=O)N[C@@H]2C(=O)N3C(C(=O)O)=C(/C=C4\CCN(C5CCCC5)C4=O)CCC23)ns1. The fourth-order valence-electron chi connectivity index (χ4n) is 5.51. The monoisotopic (exact) mass is 515 g/mol. The van der Waals surface area contributed by atoms with Crippen LogP contribution in [0, 0.1) is 0 Å². The zero-order chi connectivity index (χ0) is 25.6. The van der Waals surface area contributed by atoms with Crippen LogP contribution in [0.3, 0.4) is 0 Å². The van der Waals surface area contributed by atoms with E-state index in [-0.39, 0.29) is 28.6 Å². The van der Waals surface area contributed by atoms with E-state index in [1.807, 2.05) is 4.90 Å². The van der Waals surface area contributed by atoms with Crippen LogP contribution in [0.25, 0.3) is 0 Å². The van der Waals surface area contributed by atoms with Gasteiger partial charge in [-0.3, -0.25) is 19.3 Å². The summed E-state index contributed by atoms with van der Waals surface area (Å²) in [5.74, 6) is -3.01. The van der Waals surface area contributed by atoms with Crippen LogP contribution in [0.5, 0.6) is 0 Å². The van der Waals surface area contributed by atoms with Gasteiger partial charge in [-0.2, -0.15) is 9.36 Å². The van der Waals surface area contributed by atoms with Crippen molar-refractivity contribution in [3.05, 3.63) is 28.7 Å². The molecular formula is C22H25N7O6S. The summed E-state index contributed by atoms with van der Waals surface area (Å²) >= 11 is 0.812. The minimum atomic E-state index is -1.28. The lowest BCUT2D eigenvalue weighted by molar-refractivity contribution is -0.155. The lowest BCUT2D eigenvalue weighted by atomic mass is 9.83. The van der Waals surface area contributed by atoms with Crippen molar-refractivity contribution >= 4 is 46.1 Å². The largest absolute Gasteiger partial charge is 0.477 e. The number of nitrogens with one attached hydrogen (secondary N) is 1. The number of aliphatic carboxylic acids is 1. The van der Waals surface area contributed by atoms with E-state index in [9.17, 15) is 29.5 Å². The number of nitrogen functional groups attached to an aromatic ring is 1. The predicted molar refractivity (Wildman–Crippen MR) is 126 cm³/mol. The number of rotatable bonds is 6. The van der Waals surface area contributed by atoms with Gasteiger partial charge in [0.15, 0.2) is 5.13 Å². The molecule has 3 amide bonds. The van der Waals surface area contributed by atoms with E-state index < -0.39 is 35.6 Å². The number of amides is 3. The minimum Gasteiger partial charge on any atom is -0.477 e. The average Bonchev–Trinajstić information content (AvgIpc) is 3.60. The molecule has 0 aromatic carbocycles. The molecule has 36 heavy (non-hydrogen) atoms. The molecule has 4 heterocycles. The lowest BCUT2D eigenvalue weighted by Crippen LogP contribution is -2.72. The normalized spacial score (nSPS) is 26.0. The van der Waals surface area contributed by atoms with Crippen molar-refractivity contribution < 1.29 is 29.5 Å². The van der Waals surface area contributed by atoms with Gasteiger partial charge in [0.05, 0.1) is 6.04 Å². The van der Waals surface area contributed by atoms with Crippen LogP contribution in [-0.2, 0) is 19.2 Å². The van der Waals surface area contributed by atoms with E-state index in [2.05, 4.69) is 19.8 Å². The highest BCUT2D eigenvalue weighted by atomic mass is 32.1. The first kappa shape index (κ1) is 23.9. The number of carboxylic acids is 1. The Morgan fingerprint density at radius 3 is 2.58 bits per heavy atom. The molecule has 14 heteroatoms. The quantitative estimate of drug-likeness (QED) is 0.135. The van der Waals surface area contributed by atoms with E-state index in [4.69, 9.17) is 5.73 Å². The first-order valence-corrected chi connectivity index (χ1v) is 12.5. The second-order valence-electron chi connectivity index (χ2n) is 9.21. The highest BCUT2D eigenvalue weighted by Gasteiger charge is 2.53. The molecule has 2 saturated heterocycles.